The Kier molecular flexibility index (Phi) is 3.85. The number of nitrogen functional groups attached to an aromatic ring is 2. The molecule has 0 saturated carbocycles. The zero-order chi connectivity index (χ0) is 19.0. The van der Waals surface area contributed by atoms with Crippen LogP contribution < -0.4 is 11.5 Å². The summed E-state index contributed by atoms with van der Waals surface area (Å²) in [5, 5.41) is 0. The Labute approximate surface area is 153 Å². The van der Waals surface area contributed by atoms with Crippen LogP contribution in [-0.2, 0) is 0 Å². The summed E-state index contributed by atoms with van der Waals surface area (Å²) in [6, 6.07) is 13.2. The fraction of sp³-hybridized carbons (Fsp3) is 0. The van der Waals surface area contributed by atoms with Gasteiger partial charge in [-0.05, 0) is 24.3 Å². The van der Waals surface area contributed by atoms with Crippen LogP contribution in [0.4, 0.5) is 11.4 Å². The van der Waals surface area contributed by atoms with E-state index in [1.165, 1.54) is 6.33 Å². The fourth-order valence-corrected chi connectivity index (χ4v) is 2.75. The Morgan fingerprint density at radius 1 is 0.815 bits per heavy atom. The minimum atomic E-state index is -0.493. The Hall–Kier alpha value is -4.07. The van der Waals surface area contributed by atoms with Crippen LogP contribution in [0.15, 0.2) is 54.9 Å². The van der Waals surface area contributed by atoms with E-state index in [4.69, 9.17) is 11.5 Å². The number of benzene rings is 2. The molecule has 27 heavy (non-hydrogen) atoms. The van der Waals surface area contributed by atoms with Crippen molar-refractivity contribution in [2.24, 2.45) is 0 Å². The number of nitrogens with one attached hydrogen (secondary N) is 1. The van der Waals surface area contributed by atoms with Crippen molar-refractivity contribution in [3.63, 3.8) is 0 Å². The topological polar surface area (TPSA) is 141 Å². The first-order valence-electron chi connectivity index (χ1n) is 8.06. The number of H-pyrrole nitrogens is 1. The molecule has 0 spiro atoms. The van der Waals surface area contributed by atoms with Crippen LogP contribution in [0, 0.1) is 0 Å². The van der Waals surface area contributed by atoms with Crippen molar-refractivity contribution in [1.82, 2.24) is 19.9 Å². The summed E-state index contributed by atoms with van der Waals surface area (Å²) in [7, 11) is 0. The lowest BCUT2D eigenvalue weighted by Gasteiger charge is -2.07. The first-order chi connectivity index (χ1) is 13.1. The highest BCUT2D eigenvalue weighted by Gasteiger charge is 2.23. The zero-order valence-electron chi connectivity index (χ0n) is 14.0. The number of hydrogen-bond acceptors (Lipinski definition) is 7. The molecule has 0 aliphatic heterocycles. The number of imidazole rings is 1. The van der Waals surface area contributed by atoms with Gasteiger partial charge in [0.25, 0.3) is 0 Å². The average Bonchev–Trinajstić information content (AvgIpc) is 3.15. The number of fused-ring (bicyclic) bond motifs is 1. The van der Waals surface area contributed by atoms with Gasteiger partial charge in [-0.1, -0.05) is 24.3 Å². The van der Waals surface area contributed by atoms with Crippen molar-refractivity contribution in [3.05, 3.63) is 77.5 Å². The smallest absolute Gasteiger partial charge is 0.232 e. The van der Waals surface area contributed by atoms with Crippen LogP contribution in [0.1, 0.15) is 32.2 Å². The lowest BCUT2D eigenvalue weighted by Crippen LogP contribution is -2.15. The molecule has 8 heteroatoms. The summed E-state index contributed by atoms with van der Waals surface area (Å²) >= 11 is 0. The molecule has 0 amide bonds. The maximum absolute atomic E-state index is 13.0. The second-order valence-electron chi connectivity index (χ2n) is 5.83. The number of anilines is 2. The summed E-state index contributed by atoms with van der Waals surface area (Å²) in [5.41, 5.74) is 13.5. The number of para-hydroxylation sites is 2. The summed E-state index contributed by atoms with van der Waals surface area (Å²) in [5.74, 6) is -1.08. The molecule has 0 radical (unpaired) electrons. The van der Waals surface area contributed by atoms with Gasteiger partial charge in [-0.25, -0.2) is 15.0 Å². The monoisotopic (exact) mass is 358 g/mol. The minimum absolute atomic E-state index is 0.0215. The number of nitrogens with two attached hydrogens (primary N) is 2. The standard InChI is InChI=1S/C19H14N6O2/c20-12-7-3-1-5-10(12)16(26)14-15-18(23-9-22-15)25-19(24-14)17(27)11-6-2-4-8-13(11)21/h1-9H,20-21H2,(H,22,23,24,25). The highest BCUT2D eigenvalue weighted by atomic mass is 16.1. The third-order valence-corrected chi connectivity index (χ3v) is 4.11. The van der Waals surface area contributed by atoms with Gasteiger partial charge in [0.15, 0.2) is 5.65 Å². The molecule has 2 heterocycles. The van der Waals surface area contributed by atoms with E-state index >= 15 is 0 Å². The summed E-state index contributed by atoms with van der Waals surface area (Å²) in [4.78, 5) is 41.1. The Morgan fingerprint density at radius 3 is 2.04 bits per heavy atom. The summed E-state index contributed by atoms with van der Waals surface area (Å²) < 4.78 is 0. The molecule has 2 aromatic carbocycles. The van der Waals surface area contributed by atoms with E-state index < -0.39 is 11.6 Å². The van der Waals surface area contributed by atoms with Gasteiger partial charge in [0, 0.05) is 22.5 Å². The Bertz CT molecular complexity index is 1200. The number of carbonyl (C=O) groups excluding carboxylic acids is 2. The maximum Gasteiger partial charge on any atom is 0.232 e. The molecule has 4 rings (SSSR count). The van der Waals surface area contributed by atoms with Gasteiger partial charge < -0.3 is 16.5 Å². The van der Waals surface area contributed by atoms with Gasteiger partial charge in [0.2, 0.25) is 17.4 Å². The molecule has 0 bridgehead atoms. The molecule has 0 aliphatic carbocycles. The van der Waals surface area contributed by atoms with Gasteiger partial charge in [-0.2, -0.15) is 0 Å². The van der Waals surface area contributed by atoms with Gasteiger partial charge in [0.1, 0.15) is 11.2 Å². The lowest BCUT2D eigenvalue weighted by atomic mass is 10.0. The molecule has 8 nitrogen and oxygen atoms in total. The number of carbonyl (C=O) groups is 2. The second-order valence-corrected chi connectivity index (χ2v) is 5.83. The third kappa shape index (κ3) is 2.78. The van der Waals surface area contributed by atoms with E-state index in [0.717, 1.165) is 0 Å². The van der Waals surface area contributed by atoms with Crippen molar-refractivity contribution in [2.75, 3.05) is 11.5 Å². The SMILES string of the molecule is Nc1ccccc1C(=O)c1nc(C(=O)c2ccccc2N)c2[nH]cnc2n1. The van der Waals surface area contributed by atoms with E-state index in [9.17, 15) is 9.59 Å². The number of aromatic amines is 1. The first-order valence-corrected chi connectivity index (χ1v) is 8.06. The van der Waals surface area contributed by atoms with E-state index in [2.05, 4.69) is 19.9 Å². The molecule has 4 aromatic rings. The lowest BCUT2D eigenvalue weighted by molar-refractivity contribution is 0.102. The van der Waals surface area contributed by atoms with Gasteiger partial charge >= 0.3 is 0 Å². The molecule has 0 saturated heterocycles. The molecule has 132 valence electrons. The molecular formula is C19H14N6O2. The number of aromatic nitrogens is 4. The summed E-state index contributed by atoms with van der Waals surface area (Å²) in [6.07, 6.45) is 1.38. The van der Waals surface area contributed by atoms with Gasteiger partial charge in [0.05, 0.1) is 6.33 Å². The number of rotatable bonds is 4. The molecule has 0 aliphatic rings. The molecule has 0 fully saturated rings. The number of nitrogens with zero attached hydrogens (tertiary/aromatic N) is 3. The van der Waals surface area contributed by atoms with E-state index in [1.807, 2.05) is 0 Å². The van der Waals surface area contributed by atoms with Crippen molar-refractivity contribution in [3.8, 4) is 0 Å². The highest BCUT2D eigenvalue weighted by Crippen LogP contribution is 2.21. The third-order valence-electron chi connectivity index (χ3n) is 4.11. The maximum atomic E-state index is 13.0. The van der Waals surface area contributed by atoms with E-state index in [-0.39, 0.29) is 28.3 Å². The molecule has 5 N–H and O–H groups in total. The fourth-order valence-electron chi connectivity index (χ4n) is 2.75. The quantitative estimate of drug-likeness (QED) is 0.374. The van der Waals surface area contributed by atoms with Crippen LogP contribution in [0.3, 0.4) is 0 Å². The van der Waals surface area contributed by atoms with E-state index in [0.29, 0.717) is 16.9 Å². The van der Waals surface area contributed by atoms with Crippen LogP contribution in [0.5, 0.6) is 0 Å². The first kappa shape index (κ1) is 16.4. The van der Waals surface area contributed by atoms with Crippen LogP contribution in [-0.4, -0.2) is 31.5 Å². The predicted octanol–water partition coefficient (Wildman–Crippen LogP) is 1.98. The average molecular weight is 358 g/mol. The zero-order valence-corrected chi connectivity index (χ0v) is 14.0. The molecule has 0 atom stereocenters. The molecule has 0 unspecified atom stereocenters. The summed E-state index contributed by atoms with van der Waals surface area (Å²) in [6.45, 7) is 0. The number of hydrogen-bond donors (Lipinski definition) is 3. The Balaban J connectivity index is 1.88. The molecule has 2 aromatic heterocycles. The van der Waals surface area contributed by atoms with Crippen molar-refractivity contribution in [1.29, 1.82) is 0 Å². The second kappa shape index (κ2) is 6.34. The van der Waals surface area contributed by atoms with Crippen LogP contribution in [0.25, 0.3) is 11.2 Å². The largest absolute Gasteiger partial charge is 0.398 e. The van der Waals surface area contributed by atoms with Crippen molar-refractivity contribution >= 4 is 34.1 Å². The van der Waals surface area contributed by atoms with Gasteiger partial charge in [-0.3, -0.25) is 9.59 Å². The highest BCUT2D eigenvalue weighted by molar-refractivity contribution is 6.17. The van der Waals surface area contributed by atoms with Crippen molar-refractivity contribution in [2.45, 2.75) is 0 Å². The molecular weight excluding hydrogens is 344 g/mol. The van der Waals surface area contributed by atoms with E-state index in [1.54, 1.807) is 48.5 Å². The normalized spacial score (nSPS) is 10.8. The predicted molar refractivity (Wildman–Crippen MR) is 100 cm³/mol. The minimum Gasteiger partial charge on any atom is -0.398 e. The number of ketones is 2. The Morgan fingerprint density at radius 2 is 1.41 bits per heavy atom. The van der Waals surface area contributed by atoms with Crippen LogP contribution >= 0.6 is 0 Å². The van der Waals surface area contributed by atoms with Crippen molar-refractivity contribution < 1.29 is 9.59 Å². The van der Waals surface area contributed by atoms with Gasteiger partial charge in [-0.15, -0.1) is 0 Å². The van der Waals surface area contributed by atoms with Crippen LogP contribution in [0.2, 0.25) is 0 Å².